The number of hydrogen-bond donors (Lipinski definition) is 1. The van der Waals surface area contributed by atoms with E-state index in [1.165, 1.54) is 0 Å². The number of ether oxygens (including phenoxy) is 2. The molecule has 0 spiro atoms. The molecule has 0 aromatic heterocycles. The lowest BCUT2D eigenvalue weighted by atomic mass is 10.0. The Kier molecular flexibility index (Phi) is 7.09. The molecular weight excluding hydrogens is 376 g/mol. The third-order valence-corrected chi connectivity index (χ3v) is 5.19. The topological polar surface area (TPSA) is 50.8 Å². The summed E-state index contributed by atoms with van der Waals surface area (Å²) in [6.07, 6.45) is 0. The van der Waals surface area contributed by atoms with Gasteiger partial charge in [-0.1, -0.05) is 54.6 Å². The van der Waals surface area contributed by atoms with Gasteiger partial charge < -0.3 is 14.8 Å². The molecule has 5 heteroatoms. The zero-order valence-electron chi connectivity index (χ0n) is 17.9. The van der Waals surface area contributed by atoms with Gasteiger partial charge in [0.15, 0.2) is 11.5 Å². The smallest absolute Gasteiger partial charge is 0.241 e. The van der Waals surface area contributed by atoms with Crippen molar-refractivity contribution in [3.63, 3.8) is 0 Å². The Balaban J connectivity index is 1.71. The molecule has 0 unspecified atom stereocenters. The van der Waals surface area contributed by atoms with Crippen LogP contribution >= 0.6 is 0 Å². The van der Waals surface area contributed by atoms with Gasteiger partial charge in [0, 0.05) is 17.8 Å². The van der Waals surface area contributed by atoms with E-state index in [2.05, 4.69) is 5.32 Å². The molecule has 0 heterocycles. The number of hydrogen-bond acceptors (Lipinski definition) is 4. The fourth-order valence-corrected chi connectivity index (χ4v) is 3.30. The average Bonchev–Trinajstić information content (AvgIpc) is 2.79. The summed E-state index contributed by atoms with van der Waals surface area (Å²) >= 11 is 0. The van der Waals surface area contributed by atoms with Gasteiger partial charge in [-0.05, 0) is 43.3 Å². The third kappa shape index (κ3) is 4.99. The van der Waals surface area contributed by atoms with Gasteiger partial charge in [0.05, 0.1) is 20.3 Å². The van der Waals surface area contributed by atoms with Gasteiger partial charge in [0.25, 0.3) is 0 Å². The van der Waals surface area contributed by atoms with E-state index in [1.807, 2.05) is 91.7 Å². The van der Waals surface area contributed by atoms with Gasteiger partial charge >= 0.3 is 0 Å². The lowest BCUT2D eigenvalue weighted by molar-refractivity contribution is -0.120. The zero-order valence-corrected chi connectivity index (χ0v) is 17.9. The first kappa shape index (κ1) is 21.4. The Hall–Kier alpha value is -3.31. The van der Waals surface area contributed by atoms with Gasteiger partial charge in [0.1, 0.15) is 0 Å². The van der Waals surface area contributed by atoms with Crippen molar-refractivity contribution in [2.24, 2.45) is 0 Å². The van der Waals surface area contributed by atoms with Crippen LogP contribution in [-0.4, -0.2) is 38.1 Å². The van der Waals surface area contributed by atoms with Crippen LogP contribution in [0.5, 0.6) is 11.5 Å². The summed E-state index contributed by atoms with van der Waals surface area (Å²) in [4.78, 5) is 15.0. The van der Waals surface area contributed by atoms with Crippen LogP contribution in [0, 0.1) is 0 Å². The van der Waals surface area contributed by atoms with Crippen molar-refractivity contribution in [3.8, 4) is 22.6 Å². The number of anilines is 1. The Morgan fingerprint density at radius 3 is 2.30 bits per heavy atom. The molecule has 0 saturated carbocycles. The van der Waals surface area contributed by atoms with Gasteiger partial charge in [-0.15, -0.1) is 0 Å². The summed E-state index contributed by atoms with van der Waals surface area (Å²) in [5.41, 5.74) is 3.92. The Bertz CT molecular complexity index is 989. The highest BCUT2D eigenvalue weighted by Gasteiger charge is 2.20. The van der Waals surface area contributed by atoms with E-state index in [1.54, 1.807) is 14.2 Å². The first-order valence-corrected chi connectivity index (χ1v) is 9.90. The highest BCUT2D eigenvalue weighted by atomic mass is 16.5. The minimum atomic E-state index is -0.318. The van der Waals surface area contributed by atoms with E-state index in [0.29, 0.717) is 18.0 Å². The molecule has 0 bridgehead atoms. The van der Waals surface area contributed by atoms with Crippen LogP contribution in [0.15, 0.2) is 72.8 Å². The SMILES string of the molecule is COc1ccc(CN(C)[C@H](C)C(=O)Nc2ccccc2-c2ccccc2)cc1OC. The van der Waals surface area contributed by atoms with E-state index in [4.69, 9.17) is 9.47 Å². The lowest BCUT2D eigenvalue weighted by Crippen LogP contribution is -2.39. The number of likely N-dealkylation sites (N-methyl/N-ethyl adjacent to an activating group) is 1. The van der Waals surface area contributed by atoms with Crippen molar-refractivity contribution >= 4 is 11.6 Å². The quantitative estimate of drug-likeness (QED) is 0.584. The van der Waals surface area contributed by atoms with Gasteiger partial charge in [0.2, 0.25) is 5.91 Å². The molecule has 0 aliphatic rings. The minimum Gasteiger partial charge on any atom is -0.493 e. The van der Waals surface area contributed by atoms with Gasteiger partial charge in [-0.25, -0.2) is 0 Å². The lowest BCUT2D eigenvalue weighted by Gasteiger charge is -2.25. The highest BCUT2D eigenvalue weighted by molar-refractivity contribution is 5.98. The number of rotatable bonds is 8. The molecule has 156 valence electrons. The van der Waals surface area contributed by atoms with Crippen molar-refractivity contribution in [2.45, 2.75) is 19.5 Å². The molecule has 0 saturated heterocycles. The number of amides is 1. The molecule has 30 heavy (non-hydrogen) atoms. The number of benzene rings is 3. The van der Waals surface area contributed by atoms with Crippen molar-refractivity contribution < 1.29 is 14.3 Å². The molecule has 0 aliphatic carbocycles. The Morgan fingerprint density at radius 1 is 0.933 bits per heavy atom. The first-order chi connectivity index (χ1) is 14.5. The maximum atomic E-state index is 13.0. The number of methoxy groups -OCH3 is 2. The largest absolute Gasteiger partial charge is 0.493 e. The van der Waals surface area contributed by atoms with E-state index in [0.717, 1.165) is 22.4 Å². The van der Waals surface area contributed by atoms with Crippen LogP contribution in [0.4, 0.5) is 5.69 Å². The summed E-state index contributed by atoms with van der Waals surface area (Å²) in [5.74, 6) is 1.31. The Labute approximate surface area is 178 Å². The molecule has 3 aromatic rings. The fraction of sp³-hybridized carbons (Fsp3) is 0.240. The number of nitrogens with one attached hydrogen (secondary N) is 1. The zero-order chi connectivity index (χ0) is 21.5. The second-order valence-corrected chi connectivity index (χ2v) is 7.18. The summed E-state index contributed by atoms with van der Waals surface area (Å²) in [6, 6.07) is 23.4. The van der Waals surface area contributed by atoms with Crippen LogP contribution in [0.1, 0.15) is 12.5 Å². The standard InChI is InChI=1S/C25H28N2O3/c1-18(27(2)17-19-14-15-23(29-3)24(16-19)30-4)25(28)26-22-13-9-8-12-21(22)20-10-6-5-7-11-20/h5-16,18H,17H2,1-4H3,(H,26,28)/t18-/m1/s1. The molecule has 1 amide bonds. The van der Waals surface area contributed by atoms with E-state index >= 15 is 0 Å². The van der Waals surface area contributed by atoms with Crippen LogP contribution in [0.3, 0.4) is 0 Å². The second kappa shape index (κ2) is 9.94. The van der Waals surface area contributed by atoms with Crippen LogP contribution in [0.25, 0.3) is 11.1 Å². The second-order valence-electron chi connectivity index (χ2n) is 7.18. The average molecular weight is 405 g/mol. The predicted molar refractivity (Wildman–Crippen MR) is 121 cm³/mol. The number of carbonyl (C=O) groups is 1. The molecule has 3 aromatic carbocycles. The molecule has 5 nitrogen and oxygen atoms in total. The first-order valence-electron chi connectivity index (χ1n) is 9.90. The molecule has 0 fully saturated rings. The summed E-state index contributed by atoms with van der Waals surface area (Å²) < 4.78 is 10.7. The number of para-hydroxylation sites is 1. The number of carbonyl (C=O) groups excluding carboxylic acids is 1. The molecule has 1 atom stereocenters. The molecular formula is C25H28N2O3. The van der Waals surface area contributed by atoms with Gasteiger partial charge in [-0.2, -0.15) is 0 Å². The number of nitrogens with zero attached hydrogens (tertiary/aromatic N) is 1. The van der Waals surface area contributed by atoms with Gasteiger partial charge in [-0.3, -0.25) is 9.69 Å². The monoisotopic (exact) mass is 404 g/mol. The van der Waals surface area contributed by atoms with Crippen molar-refractivity contribution in [3.05, 3.63) is 78.4 Å². The van der Waals surface area contributed by atoms with Crippen LogP contribution in [-0.2, 0) is 11.3 Å². The van der Waals surface area contributed by atoms with Crippen molar-refractivity contribution in [2.75, 3.05) is 26.6 Å². The van der Waals surface area contributed by atoms with Crippen molar-refractivity contribution in [1.29, 1.82) is 0 Å². The summed E-state index contributed by atoms with van der Waals surface area (Å²) in [7, 11) is 5.17. The molecule has 3 rings (SSSR count). The molecule has 1 N–H and O–H groups in total. The fourth-order valence-electron chi connectivity index (χ4n) is 3.30. The third-order valence-electron chi connectivity index (χ3n) is 5.19. The van der Waals surface area contributed by atoms with E-state index < -0.39 is 0 Å². The molecule has 0 radical (unpaired) electrons. The Morgan fingerprint density at radius 2 is 1.60 bits per heavy atom. The maximum absolute atomic E-state index is 13.0. The molecule has 0 aliphatic heterocycles. The predicted octanol–water partition coefficient (Wildman–Crippen LogP) is 4.83. The van der Waals surface area contributed by atoms with Crippen molar-refractivity contribution in [1.82, 2.24) is 4.90 Å². The minimum absolute atomic E-state index is 0.0543. The van der Waals surface area contributed by atoms with E-state index in [9.17, 15) is 4.79 Å². The van der Waals surface area contributed by atoms with Crippen LogP contribution < -0.4 is 14.8 Å². The van der Waals surface area contributed by atoms with Crippen LogP contribution in [0.2, 0.25) is 0 Å². The van der Waals surface area contributed by atoms with E-state index in [-0.39, 0.29) is 11.9 Å². The summed E-state index contributed by atoms with van der Waals surface area (Å²) in [5, 5.41) is 3.09. The normalized spacial score (nSPS) is 11.8. The maximum Gasteiger partial charge on any atom is 0.241 e. The highest BCUT2D eigenvalue weighted by Crippen LogP contribution is 2.29. The summed E-state index contributed by atoms with van der Waals surface area (Å²) in [6.45, 7) is 2.51.